The van der Waals surface area contributed by atoms with E-state index in [0.717, 1.165) is 15.4 Å². The van der Waals surface area contributed by atoms with Gasteiger partial charge in [-0.05, 0) is 29.3 Å². The van der Waals surface area contributed by atoms with Gasteiger partial charge in [-0.1, -0.05) is 40.2 Å². The second-order valence-corrected chi connectivity index (χ2v) is 11.6. The van der Waals surface area contributed by atoms with E-state index in [4.69, 9.17) is 10.5 Å². The van der Waals surface area contributed by atoms with E-state index in [1.807, 2.05) is 24.3 Å². The van der Waals surface area contributed by atoms with E-state index in [9.17, 15) is 23.1 Å². The molecule has 10 nitrogen and oxygen atoms in total. The molecule has 5 N–H and O–H groups in total. The number of aromatic amines is 1. The van der Waals surface area contributed by atoms with Crippen LogP contribution < -0.4 is 11.1 Å². The number of aliphatic hydroxyl groups is 1. The third kappa shape index (κ3) is 4.38. The standard InChI is InChI=1S/C24H25BrN4O6S/c25-14-5-6-17-16(10-14)23(22(27-17)19(31)11-26)36(33,34)29-7-8-35-20(12-29)24(32)28-21-15-4-2-1-3-13(15)9-18(21)30/h1-6,10,18,20-21,27,30H,7-9,11-12,26H2,(H,28,32). The van der Waals surface area contributed by atoms with Crippen LogP contribution in [0.15, 0.2) is 51.8 Å². The van der Waals surface area contributed by atoms with Gasteiger partial charge in [0.2, 0.25) is 10.0 Å². The maximum absolute atomic E-state index is 13.8. The second-order valence-electron chi connectivity index (χ2n) is 8.83. The number of fused-ring (bicyclic) bond motifs is 2. The number of ketones is 1. The fourth-order valence-corrected chi connectivity index (χ4v) is 6.97. The van der Waals surface area contributed by atoms with Crippen LogP contribution in [0.4, 0.5) is 0 Å². The summed E-state index contributed by atoms with van der Waals surface area (Å²) in [6, 6.07) is 11.9. The molecule has 1 aliphatic heterocycles. The average Bonchev–Trinajstić information content (AvgIpc) is 3.41. The van der Waals surface area contributed by atoms with E-state index in [-0.39, 0.29) is 36.8 Å². The topological polar surface area (TPSA) is 155 Å². The molecule has 3 unspecified atom stereocenters. The number of Topliss-reactive ketones (excluding diaryl/α,β-unsaturated/α-hetero) is 1. The largest absolute Gasteiger partial charge is 0.390 e. The Morgan fingerprint density at radius 2 is 2.03 bits per heavy atom. The van der Waals surface area contributed by atoms with Crippen LogP contribution in [0.2, 0.25) is 0 Å². The van der Waals surface area contributed by atoms with E-state index in [0.29, 0.717) is 21.8 Å². The van der Waals surface area contributed by atoms with Gasteiger partial charge in [-0.2, -0.15) is 4.31 Å². The van der Waals surface area contributed by atoms with E-state index in [1.165, 1.54) is 0 Å². The van der Waals surface area contributed by atoms with Crippen molar-refractivity contribution in [2.24, 2.45) is 5.73 Å². The quantitative estimate of drug-likeness (QED) is 0.322. The van der Waals surface area contributed by atoms with Crippen molar-refractivity contribution in [1.29, 1.82) is 0 Å². The van der Waals surface area contributed by atoms with Crippen LogP contribution >= 0.6 is 15.9 Å². The van der Waals surface area contributed by atoms with E-state index < -0.39 is 40.0 Å². The summed E-state index contributed by atoms with van der Waals surface area (Å²) >= 11 is 3.35. The molecule has 0 spiro atoms. The number of hydrogen-bond donors (Lipinski definition) is 4. The van der Waals surface area contributed by atoms with Gasteiger partial charge in [0.1, 0.15) is 16.7 Å². The summed E-state index contributed by atoms with van der Waals surface area (Å²) < 4.78 is 35.0. The Bertz CT molecular complexity index is 1460. The summed E-state index contributed by atoms with van der Waals surface area (Å²) in [7, 11) is -4.21. The molecular formula is C24H25BrN4O6S. The number of aromatic nitrogens is 1. The van der Waals surface area contributed by atoms with Gasteiger partial charge in [0.25, 0.3) is 5.91 Å². The monoisotopic (exact) mass is 576 g/mol. The highest BCUT2D eigenvalue weighted by Gasteiger charge is 2.40. The highest BCUT2D eigenvalue weighted by atomic mass is 79.9. The third-order valence-electron chi connectivity index (χ3n) is 6.60. The zero-order valence-electron chi connectivity index (χ0n) is 19.1. The Kier molecular flexibility index (Phi) is 6.74. The van der Waals surface area contributed by atoms with Gasteiger partial charge in [-0.25, -0.2) is 8.42 Å². The first-order valence-corrected chi connectivity index (χ1v) is 13.7. The molecular weight excluding hydrogens is 552 g/mol. The number of carbonyl (C=O) groups excluding carboxylic acids is 2. The first kappa shape index (κ1) is 25.1. The van der Waals surface area contributed by atoms with Crippen molar-refractivity contribution in [2.75, 3.05) is 26.2 Å². The predicted octanol–water partition coefficient (Wildman–Crippen LogP) is 1.24. The fraction of sp³-hybridized carbons (Fsp3) is 0.333. The zero-order chi connectivity index (χ0) is 25.6. The molecule has 2 heterocycles. The lowest BCUT2D eigenvalue weighted by Crippen LogP contribution is -2.52. The van der Waals surface area contributed by atoms with E-state index >= 15 is 0 Å². The number of benzene rings is 2. The molecule has 36 heavy (non-hydrogen) atoms. The predicted molar refractivity (Wildman–Crippen MR) is 135 cm³/mol. The first-order valence-electron chi connectivity index (χ1n) is 11.4. The van der Waals surface area contributed by atoms with Crippen molar-refractivity contribution in [2.45, 2.75) is 29.6 Å². The maximum atomic E-state index is 13.8. The summed E-state index contributed by atoms with van der Waals surface area (Å²) in [5.41, 5.74) is 7.71. The molecule has 2 aliphatic rings. The Morgan fingerprint density at radius 1 is 1.25 bits per heavy atom. The minimum atomic E-state index is -4.21. The van der Waals surface area contributed by atoms with Gasteiger partial charge < -0.3 is 25.9 Å². The first-order chi connectivity index (χ1) is 17.2. The summed E-state index contributed by atoms with van der Waals surface area (Å²) in [6.07, 6.45) is -1.45. The van der Waals surface area contributed by atoms with Crippen molar-refractivity contribution in [3.8, 4) is 0 Å². The Labute approximate surface area is 216 Å². The lowest BCUT2D eigenvalue weighted by Gasteiger charge is -2.32. The Morgan fingerprint density at radius 3 is 2.81 bits per heavy atom. The Balaban J connectivity index is 1.42. The molecule has 0 radical (unpaired) electrons. The van der Waals surface area contributed by atoms with Crippen molar-refractivity contribution < 1.29 is 27.9 Å². The Hall–Kier alpha value is -2.61. The van der Waals surface area contributed by atoms with Crippen LogP contribution in [0.5, 0.6) is 0 Å². The molecule has 12 heteroatoms. The van der Waals surface area contributed by atoms with Crippen LogP contribution in [0.3, 0.4) is 0 Å². The number of rotatable bonds is 6. The fourth-order valence-electron chi connectivity index (χ4n) is 4.83. The number of amides is 1. The minimum Gasteiger partial charge on any atom is -0.390 e. The van der Waals surface area contributed by atoms with Gasteiger partial charge in [-0.3, -0.25) is 9.59 Å². The van der Waals surface area contributed by atoms with Gasteiger partial charge in [0.05, 0.1) is 25.3 Å². The number of nitrogens with zero attached hydrogens (tertiary/aromatic N) is 1. The number of carbonyl (C=O) groups is 2. The number of nitrogens with one attached hydrogen (secondary N) is 2. The van der Waals surface area contributed by atoms with Crippen LogP contribution in [-0.2, 0) is 26.0 Å². The summed E-state index contributed by atoms with van der Waals surface area (Å²) in [5.74, 6) is -1.06. The summed E-state index contributed by atoms with van der Waals surface area (Å²) in [6.45, 7) is -0.601. The smallest absolute Gasteiger partial charge is 0.251 e. The molecule has 1 aromatic heterocycles. The molecule has 190 valence electrons. The third-order valence-corrected chi connectivity index (χ3v) is 9.04. The normalized spacial score (nSPS) is 22.5. The molecule has 1 amide bonds. The van der Waals surface area contributed by atoms with Crippen molar-refractivity contribution in [3.63, 3.8) is 0 Å². The van der Waals surface area contributed by atoms with Gasteiger partial charge in [0, 0.05) is 34.9 Å². The van der Waals surface area contributed by atoms with Gasteiger partial charge in [0.15, 0.2) is 5.78 Å². The van der Waals surface area contributed by atoms with Crippen LogP contribution in [0.1, 0.15) is 27.7 Å². The number of sulfonamides is 1. The molecule has 0 bridgehead atoms. The van der Waals surface area contributed by atoms with Crippen LogP contribution in [0, 0.1) is 0 Å². The molecule has 2 aromatic carbocycles. The number of H-pyrrole nitrogens is 1. The number of halogens is 1. The molecule has 1 fully saturated rings. The highest BCUT2D eigenvalue weighted by molar-refractivity contribution is 9.10. The molecule has 3 aromatic rings. The zero-order valence-corrected chi connectivity index (χ0v) is 21.5. The molecule has 0 saturated carbocycles. The van der Waals surface area contributed by atoms with Crippen molar-refractivity contribution in [3.05, 3.63) is 63.8 Å². The number of ether oxygens (including phenoxy) is 1. The minimum absolute atomic E-state index is 0.00660. The van der Waals surface area contributed by atoms with E-state index in [2.05, 4.69) is 26.2 Å². The van der Waals surface area contributed by atoms with Gasteiger partial charge in [-0.15, -0.1) is 0 Å². The van der Waals surface area contributed by atoms with Crippen molar-refractivity contribution in [1.82, 2.24) is 14.6 Å². The number of nitrogens with two attached hydrogens (primary N) is 1. The molecule has 3 atom stereocenters. The SMILES string of the molecule is NCC(=O)c1[nH]c2ccc(Br)cc2c1S(=O)(=O)N1CCOC(C(=O)NC2c3ccccc3CC2O)C1. The number of hydrogen-bond acceptors (Lipinski definition) is 7. The maximum Gasteiger partial charge on any atom is 0.251 e. The van der Waals surface area contributed by atoms with Crippen LogP contribution in [0.25, 0.3) is 10.9 Å². The molecule has 1 aliphatic carbocycles. The van der Waals surface area contributed by atoms with Crippen molar-refractivity contribution >= 4 is 48.5 Å². The highest BCUT2D eigenvalue weighted by Crippen LogP contribution is 2.34. The second kappa shape index (κ2) is 9.69. The van der Waals surface area contributed by atoms with Gasteiger partial charge >= 0.3 is 0 Å². The average molecular weight is 577 g/mol. The summed E-state index contributed by atoms with van der Waals surface area (Å²) in [4.78, 5) is 28.4. The molecule has 5 rings (SSSR count). The molecule has 1 saturated heterocycles. The lowest BCUT2D eigenvalue weighted by molar-refractivity contribution is -0.137. The lowest BCUT2D eigenvalue weighted by atomic mass is 10.1. The number of morpholine rings is 1. The number of aliphatic hydroxyl groups excluding tert-OH is 1. The van der Waals surface area contributed by atoms with E-state index in [1.54, 1.807) is 18.2 Å². The summed E-state index contributed by atoms with van der Waals surface area (Å²) in [5, 5.41) is 13.6. The van der Waals surface area contributed by atoms with Crippen LogP contribution in [-0.4, -0.2) is 73.0 Å².